The highest BCUT2D eigenvalue weighted by Gasteiger charge is 2.44. The number of unbranched alkanes of at least 4 members (excludes halogenated alkanes) is 38. The number of rotatable bonds is 48. The van der Waals surface area contributed by atoms with E-state index in [1.54, 1.807) is 0 Å². The van der Waals surface area contributed by atoms with Gasteiger partial charge in [0.25, 0.3) is 0 Å². The van der Waals surface area contributed by atoms with Crippen molar-refractivity contribution >= 4 is 5.91 Å². The summed E-state index contributed by atoms with van der Waals surface area (Å²) in [5, 5.41) is 54.5. The normalized spacial score (nSPS) is 20.0. The van der Waals surface area contributed by atoms with E-state index in [4.69, 9.17) is 9.47 Å². The zero-order valence-corrected chi connectivity index (χ0v) is 41.6. The lowest BCUT2D eigenvalue weighted by Crippen LogP contribution is -2.60. The maximum Gasteiger partial charge on any atom is 0.220 e. The SMILES string of the molecule is CCCCCCCCCCCCCCCCCCCCCCCCCCCCCC(=O)N[C@@H](CO[C@@H]1O[C@H](CO)[C@@H](O)C(O)C1O)[C@H](O)CCCCCCCCCCCCCCC. The van der Waals surface area contributed by atoms with Crippen molar-refractivity contribution in [3.63, 3.8) is 0 Å². The summed E-state index contributed by atoms with van der Waals surface area (Å²) in [7, 11) is 0. The monoisotopic (exact) mass is 898 g/mol. The van der Waals surface area contributed by atoms with Crippen molar-refractivity contribution in [1.82, 2.24) is 5.32 Å². The van der Waals surface area contributed by atoms with E-state index in [1.165, 1.54) is 218 Å². The first-order chi connectivity index (χ1) is 30.8. The zero-order chi connectivity index (χ0) is 45.9. The third kappa shape index (κ3) is 35.1. The van der Waals surface area contributed by atoms with Gasteiger partial charge in [0.1, 0.15) is 24.4 Å². The van der Waals surface area contributed by atoms with Crippen LogP contribution in [0, 0.1) is 0 Å². The van der Waals surface area contributed by atoms with Crippen LogP contribution in [-0.4, -0.2) is 87.5 Å². The fraction of sp³-hybridized carbons (Fsp3) is 0.981. The van der Waals surface area contributed by atoms with Crippen LogP contribution in [0.3, 0.4) is 0 Å². The average Bonchev–Trinajstić information content (AvgIpc) is 3.28. The number of nitrogens with one attached hydrogen (secondary N) is 1. The Bertz CT molecular complexity index is 955. The van der Waals surface area contributed by atoms with Gasteiger partial charge in [0, 0.05) is 6.42 Å². The number of amides is 1. The zero-order valence-electron chi connectivity index (χ0n) is 41.6. The first-order valence-electron chi connectivity index (χ1n) is 27.7. The second kappa shape index (κ2) is 45.0. The molecule has 0 spiro atoms. The molecule has 0 aromatic carbocycles. The summed E-state index contributed by atoms with van der Waals surface area (Å²) >= 11 is 0. The largest absolute Gasteiger partial charge is 0.394 e. The summed E-state index contributed by atoms with van der Waals surface area (Å²) in [6.07, 6.45) is 45.6. The molecule has 1 amide bonds. The predicted molar refractivity (Wildman–Crippen MR) is 263 cm³/mol. The lowest BCUT2D eigenvalue weighted by atomic mass is 9.99. The number of carbonyl (C=O) groups excluding carboxylic acids is 1. The smallest absolute Gasteiger partial charge is 0.220 e. The molecule has 6 N–H and O–H groups in total. The summed E-state index contributed by atoms with van der Waals surface area (Å²) in [5.41, 5.74) is 0. The summed E-state index contributed by atoms with van der Waals surface area (Å²) < 4.78 is 11.3. The van der Waals surface area contributed by atoms with Crippen LogP contribution >= 0.6 is 0 Å². The summed E-state index contributed by atoms with van der Waals surface area (Å²) in [6.45, 7) is 3.87. The van der Waals surface area contributed by atoms with Gasteiger partial charge < -0.3 is 40.3 Å². The van der Waals surface area contributed by atoms with Crippen LogP contribution in [0.5, 0.6) is 0 Å². The molecule has 0 bridgehead atoms. The molecular weight excluding hydrogens is 791 g/mol. The molecule has 0 aromatic heterocycles. The standard InChI is InChI=1S/C54H107NO8/c1-3-5-7-9-11-13-15-17-18-19-20-21-22-23-24-25-26-27-28-29-30-32-34-36-38-40-42-44-50(58)55-47(46-62-54-53(61)52(60)51(59)49(45-56)63-54)48(57)43-41-39-37-35-33-31-16-14-12-10-8-6-4-2/h47-49,51-54,56-57,59-61H,3-46H2,1-2H3,(H,55,58)/t47-,48+,49+,51+,52?,53?,54+/m0/s1. The van der Waals surface area contributed by atoms with Gasteiger partial charge in [-0.15, -0.1) is 0 Å². The molecule has 9 heteroatoms. The molecule has 1 aliphatic rings. The maximum atomic E-state index is 13.0. The Morgan fingerprint density at radius 1 is 0.476 bits per heavy atom. The van der Waals surface area contributed by atoms with Crippen molar-refractivity contribution in [3.8, 4) is 0 Å². The van der Waals surface area contributed by atoms with Crippen molar-refractivity contribution in [2.75, 3.05) is 13.2 Å². The fourth-order valence-electron chi connectivity index (χ4n) is 9.28. The molecule has 2 unspecified atom stereocenters. The van der Waals surface area contributed by atoms with Crippen LogP contribution in [0.15, 0.2) is 0 Å². The van der Waals surface area contributed by atoms with E-state index in [-0.39, 0.29) is 12.5 Å². The highest BCUT2D eigenvalue weighted by molar-refractivity contribution is 5.76. The Hall–Kier alpha value is -0.810. The molecule has 63 heavy (non-hydrogen) atoms. The minimum Gasteiger partial charge on any atom is -0.394 e. The minimum atomic E-state index is -1.55. The van der Waals surface area contributed by atoms with Crippen LogP contribution in [0.25, 0.3) is 0 Å². The van der Waals surface area contributed by atoms with Gasteiger partial charge in [0.05, 0.1) is 25.4 Å². The quantitative estimate of drug-likeness (QED) is 0.0331. The number of aliphatic hydroxyl groups excluding tert-OH is 5. The molecule has 9 nitrogen and oxygen atoms in total. The third-order valence-electron chi connectivity index (χ3n) is 13.7. The molecule has 1 aliphatic heterocycles. The number of ether oxygens (including phenoxy) is 2. The molecular formula is C54H107NO8. The van der Waals surface area contributed by atoms with Crippen LogP contribution < -0.4 is 5.32 Å². The van der Waals surface area contributed by atoms with Gasteiger partial charge in [-0.05, 0) is 12.8 Å². The van der Waals surface area contributed by atoms with Crippen molar-refractivity contribution in [3.05, 3.63) is 0 Å². The number of hydrogen-bond donors (Lipinski definition) is 6. The third-order valence-corrected chi connectivity index (χ3v) is 13.7. The van der Waals surface area contributed by atoms with Crippen LogP contribution in [0.2, 0.25) is 0 Å². The van der Waals surface area contributed by atoms with E-state index in [0.717, 1.165) is 38.5 Å². The molecule has 1 fully saturated rings. The van der Waals surface area contributed by atoms with Crippen LogP contribution in [-0.2, 0) is 14.3 Å². The van der Waals surface area contributed by atoms with Crippen LogP contribution in [0.4, 0.5) is 0 Å². The predicted octanol–water partition coefficient (Wildman–Crippen LogP) is 13.1. The maximum absolute atomic E-state index is 13.0. The first kappa shape index (κ1) is 60.2. The van der Waals surface area contributed by atoms with Gasteiger partial charge in [-0.1, -0.05) is 264 Å². The molecule has 0 aliphatic carbocycles. The summed E-state index contributed by atoms with van der Waals surface area (Å²) in [6, 6.07) is -0.712. The molecule has 376 valence electrons. The van der Waals surface area contributed by atoms with E-state index in [9.17, 15) is 30.3 Å². The Labute approximate surface area is 389 Å². The second-order valence-electron chi connectivity index (χ2n) is 19.7. The van der Waals surface area contributed by atoms with E-state index < -0.39 is 49.5 Å². The number of hydrogen-bond acceptors (Lipinski definition) is 8. The Balaban J connectivity index is 2.14. The summed E-state index contributed by atoms with van der Waals surface area (Å²) in [5.74, 6) is -0.138. The molecule has 1 saturated heterocycles. The van der Waals surface area contributed by atoms with E-state index >= 15 is 0 Å². The highest BCUT2D eigenvalue weighted by Crippen LogP contribution is 2.23. The molecule has 0 aromatic rings. The van der Waals surface area contributed by atoms with Crippen LogP contribution in [0.1, 0.15) is 284 Å². The van der Waals surface area contributed by atoms with Crippen molar-refractivity contribution < 1.29 is 39.8 Å². The lowest BCUT2D eigenvalue weighted by Gasteiger charge is -2.40. The van der Waals surface area contributed by atoms with E-state index in [0.29, 0.717) is 12.8 Å². The highest BCUT2D eigenvalue weighted by atomic mass is 16.7. The number of carbonyl (C=O) groups is 1. The van der Waals surface area contributed by atoms with E-state index in [2.05, 4.69) is 19.2 Å². The minimum absolute atomic E-state index is 0.131. The van der Waals surface area contributed by atoms with E-state index in [1.807, 2.05) is 0 Å². The van der Waals surface area contributed by atoms with Gasteiger partial charge in [-0.25, -0.2) is 0 Å². The Kier molecular flexibility index (Phi) is 43.0. The Morgan fingerprint density at radius 2 is 0.794 bits per heavy atom. The molecule has 7 atom stereocenters. The topological polar surface area (TPSA) is 149 Å². The average molecular weight is 898 g/mol. The van der Waals surface area contributed by atoms with Gasteiger partial charge in [-0.3, -0.25) is 4.79 Å². The molecule has 0 saturated carbocycles. The molecule has 1 rings (SSSR count). The summed E-state index contributed by atoms with van der Waals surface area (Å²) in [4.78, 5) is 13.0. The fourth-order valence-corrected chi connectivity index (χ4v) is 9.28. The first-order valence-corrected chi connectivity index (χ1v) is 27.7. The van der Waals surface area contributed by atoms with Gasteiger partial charge in [0.2, 0.25) is 5.91 Å². The Morgan fingerprint density at radius 3 is 1.13 bits per heavy atom. The van der Waals surface area contributed by atoms with Crippen molar-refractivity contribution in [1.29, 1.82) is 0 Å². The lowest BCUT2D eigenvalue weighted by molar-refractivity contribution is -0.302. The van der Waals surface area contributed by atoms with Gasteiger partial charge in [-0.2, -0.15) is 0 Å². The van der Waals surface area contributed by atoms with Gasteiger partial charge in [0.15, 0.2) is 6.29 Å². The molecule has 0 radical (unpaired) electrons. The van der Waals surface area contributed by atoms with Crippen molar-refractivity contribution in [2.45, 2.75) is 326 Å². The second-order valence-corrected chi connectivity index (χ2v) is 19.7. The van der Waals surface area contributed by atoms with Crippen molar-refractivity contribution in [2.24, 2.45) is 0 Å². The number of aliphatic hydroxyl groups is 5. The van der Waals surface area contributed by atoms with Gasteiger partial charge >= 0.3 is 0 Å². The molecule has 1 heterocycles.